The Morgan fingerprint density at radius 1 is 1.58 bits per heavy atom. The third kappa shape index (κ3) is 3.34. The molecule has 0 spiro atoms. The second kappa shape index (κ2) is 5.29. The smallest absolute Gasteiger partial charge is 0.214 e. The molecule has 0 aromatic carbocycles. The van der Waals surface area contributed by atoms with E-state index >= 15 is 0 Å². The van der Waals surface area contributed by atoms with Crippen molar-refractivity contribution in [2.45, 2.75) is 6.92 Å². The lowest BCUT2D eigenvalue weighted by atomic mass is 10.6. The number of rotatable bonds is 6. The van der Waals surface area contributed by atoms with E-state index in [2.05, 4.69) is 6.58 Å². The zero-order valence-corrected chi connectivity index (χ0v) is 8.18. The topological polar surface area (TPSA) is 63.4 Å². The molecule has 4 nitrogen and oxygen atoms in total. The van der Waals surface area contributed by atoms with Crippen LogP contribution in [-0.4, -0.2) is 38.1 Å². The van der Waals surface area contributed by atoms with Crippen LogP contribution in [0.1, 0.15) is 6.92 Å². The summed E-state index contributed by atoms with van der Waals surface area (Å²) in [6.07, 6.45) is 1.56. The zero-order valence-electron chi connectivity index (χ0n) is 7.36. The fraction of sp³-hybridized carbons (Fsp3) is 0.714. The second-order valence-corrected chi connectivity index (χ2v) is 4.59. The standard InChI is InChI=1S/C7H16N2O2S/c1-3-6-9(7-5-8)12(10,11)4-2/h3H,1,4-8H2,2H3. The number of nitrogens with two attached hydrogens (primary N) is 1. The van der Waals surface area contributed by atoms with E-state index in [-0.39, 0.29) is 5.75 Å². The number of nitrogens with zero attached hydrogens (tertiary/aromatic N) is 1. The lowest BCUT2D eigenvalue weighted by Gasteiger charge is -2.18. The van der Waals surface area contributed by atoms with Crippen molar-refractivity contribution in [1.29, 1.82) is 0 Å². The van der Waals surface area contributed by atoms with Gasteiger partial charge in [-0.15, -0.1) is 6.58 Å². The molecule has 0 aliphatic carbocycles. The third-order valence-electron chi connectivity index (χ3n) is 1.47. The second-order valence-electron chi connectivity index (χ2n) is 2.34. The molecule has 0 saturated carbocycles. The van der Waals surface area contributed by atoms with Gasteiger partial charge >= 0.3 is 0 Å². The normalized spacial score (nSPS) is 11.9. The Bertz CT molecular complexity index is 224. The predicted molar refractivity (Wildman–Crippen MR) is 50.3 cm³/mol. The summed E-state index contributed by atoms with van der Waals surface area (Å²) >= 11 is 0. The molecule has 5 heteroatoms. The Labute approximate surface area is 74.1 Å². The Morgan fingerprint density at radius 2 is 2.17 bits per heavy atom. The minimum Gasteiger partial charge on any atom is -0.329 e. The summed E-state index contributed by atoms with van der Waals surface area (Å²) in [6, 6.07) is 0. The highest BCUT2D eigenvalue weighted by Gasteiger charge is 2.16. The molecule has 0 aliphatic rings. The van der Waals surface area contributed by atoms with Crippen molar-refractivity contribution < 1.29 is 8.42 Å². The van der Waals surface area contributed by atoms with Gasteiger partial charge in [-0.1, -0.05) is 6.08 Å². The summed E-state index contributed by atoms with van der Waals surface area (Å²) in [5, 5.41) is 0. The quantitative estimate of drug-likeness (QED) is 0.592. The van der Waals surface area contributed by atoms with Gasteiger partial charge in [0.15, 0.2) is 0 Å². The highest BCUT2D eigenvalue weighted by Crippen LogP contribution is 1.99. The van der Waals surface area contributed by atoms with Crippen molar-refractivity contribution in [1.82, 2.24) is 4.31 Å². The molecule has 0 amide bonds. The van der Waals surface area contributed by atoms with Crippen molar-refractivity contribution in [2.24, 2.45) is 5.73 Å². The van der Waals surface area contributed by atoms with E-state index in [0.717, 1.165) is 0 Å². The number of hydrogen-bond acceptors (Lipinski definition) is 3. The summed E-state index contributed by atoms with van der Waals surface area (Å²) < 4.78 is 23.9. The molecule has 12 heavy (non-hydrogen) atoms. The van der Waals surface area contributed by atoms with Crippen molar-refractivity contribution in [3.63, 3.8) is 0 Å². The van der Waals surface area contributed by atoms with E-state index in [9.17, 15) is 8.42 Å². The predicted octanol–water partition coefficient (Wildman–Crippen LogP) is -0.217. The van der Waals surface area contributed by atoms with Crippen LogP contribution < -0.4 is 5.73 Å². The summed E-state index contributed by atoms with van der Waals surface area (Å²) in [7, 11) is -3.10. The average Bonchev–Trinajstić information content (AvgIpc) is 2.04. The van der Waals surface area contributed by atoms with E-state index < -0.39 is 10.0 Å². The van der Waals surface area contributed by atoms with Gasteiger partial charge in [0.1, 0.15) is 0 Å². The van der Waals surface area contributed by atoms with Gasteiger partial charge in [0, 0.05) is 19.6 Å². The minimum absolute atomic E-state index is 0.112. The molecule has 2 N–H and O–H groups in total. The average molecular weight is 192 g/mol. The molecule has 0 aromatic heterocycles. The molecule has 0 heterocycles. The van der Waals surface area contributed by atoms with E-state index in [1.54, 1.807) is 13.0 Å². The Kier molecular flexibility index (Phi) is 5.12. The highest BCUT2D eigenvalue weighted by molar-refractivity contribution is 7.89. The van der Waals surface area contributed by atoms with Crippen LogP contribution in [0.25, 0.3) is 0 Å². The van der Waals surface area contributed by atoms with Crippen LogP contribution in [0.2, 0.25) is 0 Å². The maximum absolute atomic E-state index is 11.3. The van der Waals surface area contributed by atoms with Gasteiger partial charge < -0.3 is 5.73 Å². The van der Waals surface area contributed by atoms with Gasteiger partial charge in [-0.25, -0.2) is 8.42 Å². The van der Waals surface area contributed by atoms with Gasteiger partial charge in [0.2, 0.25) is 10.0 Å². The maximum atomic E-state index is 11.3. The first-order valence-electron chi connectivity index (χ1n) is 3.87. The van der Waals surface area contributed by atoms with E-state index in [1.165, 1.54) is 4.31 Å². The van der Waals surface area contributed by atoms with Crippen LogP contribution in [0.4, 0.5) is 0 Å². The van der Waals surface area contributed by atoms with Gasteiger partial charge in [-0.3, -0.25) is 0 Å². The first kappa shape index (κ1) is 11.6. The molecule has 0 atom stereocenters. The van der Waals surface area contributed by atoms with E-state index in [1.807, 2.05) is 0 Å². The van der Waals surface area contributed by atoms with Crippen molar-refractivity contribution in [3.8, 4) is 0 Å². The molecule has 0 aromatic rings. The summed E-state index contributed by atoms with van der Waals surface area (Å²) in [6.45, 7) is 6.14. The van der Waals surface area contributed by atoms with Crippen LogP contribution >= 0.6 is 0 Å². The third-order valence-corrected chi connectivity index (χ3v) is 3.32. The summed E-state index contributed by atoms with van der Waals surface area (Å²) in [5.41, 5.74) is 5.27. The highest BCUT2D eigenvalue weighted by atomic mass is 32.2. The molecule has 0 bridgehead atoms. The van der Waals surface area contributed by atoms with Gasteiger partial charge in [0.25, 0.3) is 0 Å². The number of hydrogen-bond donors (Lipinski definition) is 1. The molecular weight excluding hydrogens is 176 g/mol. The largest absolute Gasteiger partial charge is 0.329 e. The van der Waals surface area contributed by atoms with Crippen molar-refractivity contribution in [2.75, 3.05) is 25.4 Å². The first-order chi connectivity index (χ1) is 5.58. The Balaban J connectivity index is 4.38. The SMILES string of the molecule is C=CCN(CCN)S(=O)(=O)CC. The maximum Gasteiger partial charge on any atom is 0.214 e. The summed E-state index contributed by atoms with van der Waals surface area (Å²) in [5.74, 6) is 0.112. The molecule has 0 fully saturated rings. The lowest BCUT2D eigenvalue weighted by molar-refractivity contribution is 0.451. The molecule has 0 saturated heterocycles. The first-order valence-corrected chi connectivity index (χ1v) is 5.48. The molecule has 0 aliphatic heterocycles. The van der Waals surface area contributed by atoms with Crippen molar-refractivity contribution >= 4 is 10.0 Å². The van der Waals surface area contributed by atoms with Crippen LogP contribution in [0.3, 0.4) is 0 Å². The van der Waals surface area contributed by atoms with Crippen LogP contribution in [0.15, 0.2) is 12.7 Å². The lowest BCUT2D eigenvalue weighted by Crippen LogP contribution is -2.36. The molecule has 0 radical (unpaired) electrons. The van der Waals surface area contributed by atoms with Crippen LogP contribution in [0, 0.1) is 0 Å². The molecule has 0 rings (SSSR count). The van der Waals surface area contributed by atoms with Crippen LogP contribution in [-0.2, 0) is 10.0 Å². The zero-order chi connectivity index (χ0) is 9.61. The van der Waals surface area contributed by atoms with Crippen LogP contribution in [0.5, 0.6) is 0 Å². The monoisotopic (exact) mass is 192 g/mol. The Morgan fingerprint density at radius 3 is 2.50 bits per heavy atom. The molecule has 72 valence electrons. The van der Waals surface area contributed by atoms with Gasteiger partial charge in [-0.2, -0.15) is 4.31 Å². The van der Waals surface area contributed by atoms with Gasteiger partial charge in [-0.05, 0) is 6.92 Å². The van der Waals surface area contributed by atoms with Gasteiger partial charge in [0.05, 0.1) is 5.75 Å². The fourth-order valence-corrected chi connectivity index (χ4v) is 1.90. The Hall–Kier alpha value is -0.390. The summed E-state index contributed by atoms with van der Waals surface area (Å²) in [4.78, 5) is 0. The van der Waals surface area contributed by atoms with E-state index in [0.29, 0.717) is 19.6 Å². The molecule has 0 unspecified atom stereocenters. The molecular formula is C7H16N2O2S. The van der Waals surface area contributed by atoms with Crippen molar-refractivity contribution in [3.05, 3.63) is 12.7 Å². The number of sulfonamides is 1. The minimum atomic E-state index is -3.10. The van der Waals surface area contributed by atoms with E-state index in [4.69, 9.17) is 5.73 Å². The fourth-order valence-electron chi connectivity index (χ4n) is 0.814.